The number of aryl methyl sites for hydroxylation is 1. The smallest absolute Gasteiger partial charge is 0.267 e. The fourth-order valence-electron chi connectivity index (χ4n) is 2.43. The van der Waals surface area contributed by atoms with Crippen molar-refractivity contribution in [3.63, 3.8) is 0 Å². The topological polar surface area (TPSA) is 44.1 Å². The summed E-state index contributed by atoms with van der Waals surface area (Å²) in [5.41, 5.74) is 3.70. The molecule has 0 fully saturated rings. The zero-order valence-electron chi connectivity index (χ0n) is 13.2. The van der Waals surface area contributed by atoms with Gasteiger partial charge >= 0.3 is 0 Å². The van der Waals surface area contributed by atoms with E-state index in [0.29, 0.717) is 12.2 Å². The molecule has 3 aromatic rings. The van der Waals surface area contributed by atoms with Crippen molar-refractivity contribution >= 4 is 0 Å². The molecule has 0 spiro atoms. The third-order valence-corrected chi connectivity index (χ3v) is 3.70. The van der Waals surface area contributed by atoms with Crippen LogP contribution in [0, 0.1) is 6.92 Å². The van der Waals surface area contributed by atoms with Crippen LogP contribution in [0.3, 0.4) is 0 Å². The Labute approximate surface area is 135 Å². The molecule has 0 atom stereocenters. The number of aromatic nitrogens is 2. The predicted molar refractivity (Wildman–Crippen MR) is 90.8 cm³/mol. The minimum Gasteiger partial charge on any atom is -0.496 e. The van der Waals surface area contributed by atoms with Crippen LogP contribution in [0.5, 0.6) is 5.75 Å². The summed E-state index contributed by atoms with van der Waals surface area (Å²) >= 11 is 0. The normalized spacial score (nSPS) is 10.5. The van der Waals surface area contributed by atoms with Gasteiger partial charge < -0.3 is 4.74 Å². The standard InChI is InChI=1S/C19H18N2O2/c1-14-7-9-15(10-8-14)13-21-19(22)12-11-17(20-21)16-5-3-4-6-18(16)23-2/h3-12H,13H2,1-2H3. The van der Waals surface area contributed by atoms with Crippen LogP contribution in [-0.2, 0) is 6.54 Å². The minimum atomic E-state index is -0.121. The van der Waals surface area contributed by atoms with Crippen LogP contribution < -0.4 is 10.3 Å². The summed E-state index contributed by atoms with van der Waals surface area (Å²) in [6.07, 6.45) is 0. The Morgan fingerprint density at radius 3 is 2.48 bits per heavy atom. The van der Waals surface area contributed by atoms with E-state index in [-0.39, 0.29) is 5.56 Å². The van der Waals surface area contributed by atoms with Gasteiger partial charge in [-0.15, -0.1) is 0 Å². The van der Waals surface area contributed by atoms with Gasteiger partial charge in [0.15, 0.2) is 0 Å². The molecule has 0 amide bonds. The van der Waals surface area contributed by atoms with Crippen LogP contribution in [0.2, 0.25) is 0 Å². The van der Waals surface area contributed by atoms with E-state index in [1.165, 1.54) is 10.2 Å². The SMILES string of the molecule is COc1ccccc1-c1ccc(=O)n(Cc2ccc(C)cc2)n1. The quantitative estimate of drug-likeness (QED) is 0.743. The molecular weight excluding hydrogens is 288 g/mol. The van der Waals surface area contributed by atoms with Gasteiger partial charge in [-0.05, 0) is 30.7 Å². The van der Waals surface area contributed by atoms with Crippen molar-refractivity contribution in [3.8, 4) is 17.0 Å². The molecule has 2 aromatic carbocycles. The second kappa shape index (κ2) is 6.48. The lowest BCUT2D eigenvalue weighted by molar-refractivity contribution is 0.416. The monoisotopic (exact) mass is 306 g/mol. The van der Waals surface area contributed by atoms with Crippen molar-refractivity contribution in [3.05, 3.63) is 82.1 Å². The first-order valence-corrected chi connectivity index (χ1v) is 7.44. The van der Waals surface area contributed by atoms with E-state index >= 15 is 0 Å². The number of para-hydroxylation sites is 1. The molecule has 116 valence electrons. The first kappa shape index (κ1) is 15.0. The van der Waals surface area contributed by atoms with Gasteiger partial charge in [0.1, 0.15) is 5.75 Å². The Bertz CT molecular complexity index is 867. The van der Waals surface area contributed by atoms with Gasteiger partial charge in [0.05, 0.1) is 19.3 Å². The number of ether oxygens (including phenoxy) is 1. The summed E-state index contributed by atoms with van der Waals surface area (Å²) < 4.78 is 6.85. The number of nitrogens with zero attached hydrogens (tertiary/aromatic N) is 2. The van der Waals surface area contributed by atoms with Crippen LogP contribution in [0.25, 0.3) is 11.3 Å². The first-order valence-electron chi connectivity index (χ1n) is 7.44. The highest BCUT2D eigenvalue weighted by molar-refractivity contribution is 5.66. The number of methoxy groups -OCH3 is 1. The van der Waals surface area contributed by atoms with E-state index < -0.39 is 0 Å². The first-order chi connectivity index (χ1) is 11.2. The third-order valence-electron chi connectivity index (χ3n) is 3.70. The van der Waals surface area contributed by atoms with Crippen molar-refractivity contribution in [2.24, 2.45) is 0 Å². The fraction of sp³-hybridized carbons (Fsp3) is 0.158. The van der Waals surface area contributed by atoms with E-state index in [0.717, 1.165) is 16.9 Å². The van der Waals surface area contributed by atoms with E-state index in [2.05, 4.69) is 5.10 Å². The van der Waals surface area contributed by atoms with Crippen LogP contribution in [0.1, 0.15) is 11.1 Å². The lowest BCUT2D eigenvalue weighted by Crippen LogP contribution is -2.22. The zero-order chi connectivity index (χ0) is 16.2. The maximum absolute atomic E-state index is 12.1. The summed E-state index contributed by atoms with van der Waals surface area (Å²) in [6.45, 7) is 2.48. The maximum Gasteiger partial charge on any atom is 0.267 e. The molecule has 1 aromatic heterocycles. The molecule has 0 aliphatic rings. The Hall–Kier alpha value is -2.88. The van der Waals surface area contributed by atoms with Gasteiger partial charge in [-0.1, -0.05) is 42.0 Å². The van der Waals surface area contributed by atoms with Crippen LogP contribution >= 0.6 is 0 Å². The van der Waals surface area contributed by atoms with Crippen molar-refractivity contribution < 1.29 is 4.74 Å². The summed E-state index contributed by atoms with van der Waals surface area (Å²) in [5.74, 6) is 0.737. The van der Waals surface area contributed by atoms with E-state index in [1.807, 2.05) is 55.5 Å². The van der Waals surface area contributed by atoms with Crippen molar-refractivity contribution in [2.75, 3.05) is 7.11 Å². The van der Waals surface area contributed by atoms with Crippen molar-refractivity contribution in [1.29, 1.82) is 0 Å². The van der Waals surface area contributed by atoms with Gasteiger partial charge in [-0.2, -0.15) is 5.10 Å². The molecule has 0 saturated carbocycles. The molecule has 4 heteroatoms. The van der Waals surface area contributed by atoms with Crippen molar-refractivity contribution in [1.82, 2.24) is 9.78 Å². The zero-order valence-corrected chi connectivity index (χ0v) is 13.2. The lowest BCUT2D eigenvalue weighted by Gasteiger charge is -2.10. The number of hydrogen-bond donors (Lipinski definition) is 0. The molecular formula is C19H18N2O2. The van der Waals surface area contributed by atoms with Gasteiger partial charge in [0.2, 0.25) is 0 Å². The molecule has 0 aliphatic carbocycles. The molecule has 0 saturated heterocycles. The summed E-state index contributed by atoms with van der Waals surface area (Å²) in [7, 11) is 1.63. The summed E-state index contributed by atoms with van der Waals surface area (Å²) in [6, 6.07) is 19.0. The Morgan fingerprint density at radius 2 is 1.74 bits per heavy atom. The molecule has 4 nitrogen and oxygen atoms in total. The average molecular weight is 306 g/mol. The molecule has 0 bridgehead atoms. The number of benzene rings is 2. The Morgan fingerprint density at radius 1 is 1.00 bits per heavy atom. The summed E-state index contributed by atoms with van der Waals surface area (Å²) in [4.78, 5) is 12.1. The number of hydrogen-bond acceptors (Lipinski definition) is 3. The highest BCUT2D eigenvalue weighted by Crippen LogP contribution is 2.27. The Kier molecular flexibility index (Phi) is 4.24. The van der Waals surface area contributed by atoms with E-state index in [9.17, 15) is 4.79 Å². The lowest BCUT2D eigenvalue weighted by atomic mass is 10.1. The maximum atomic E-state index is 12.1. The van der Waals surface area contributed by atoms with Gasteiger partial charge in [-0.25, -0.2) is 4.68 Å². The average Bonchev–Trinajstić information content (AvgIpc) is 2.59. The summed E-state index contributed by atoms with van der Waals surface area (Å²) in [5, 5.41) is 4.49. The molecule has 0 N–H and O–H groups in total. The molecule has 0 unspecified atom stereocenters. The second-order valence-electron chi connectivity index (χ2n) is 5.40. The van der Waals surface area contributed by atoms with Gasteiger partial charge in [0.25, 0.3) is 5.56 Å². The highest BCUT2D eigenvalue weighted by atomic mass is 16.5. The van der Waals surface area contributed by atoms with Crippen molar-refractivity contribution in [2.45, 2.75) is 13.5 Å². The largest absolute Gasteiger partial charge is 0.496 e. The molecule has 3 rings (SSSR count). The third kappa shape index (κ3) is 3.31. The van der Waals surface area contributed by atoms with Crippen LogP contribution in [0.15, 0.2) is 65.5 Å². The predicted octanol–water partition coefficient (Wildman–Crippen LogP) is 3.28. The molecule has 0 aliphatic heterocycles. The molecule has 23 heavy (non-hydrogen) atoms. The molecule has 1 heterocycles. The molecule has 0 radical (unpaired) electrons. The Balaban J connectivity index is 1.99. The van der Waals surface area contributed by atoms with Crippen LogP contribution in [-0.4, -0.2) is 16.9 Å². The second-order valence-corrected chi connectivity index (χ2v) is 5.40. The minimum absolute atomic E-state index is 0.121. The van der Waals surface area contributed by atoms with Gasteiger partial charge in [-0.3, -0.25) is 4.79 Å². The highest BCUT2D eigenvalue weighted by Gasteiger charge is 2.08. The van der Waals surface area contributed by atoms with E-state index in [4.69, 9.17) is 4.74 Å². The fourth-order valence-corrected chi connectivity index (χ4v) is 2.43. The van der Waals surface area contributed by atoms with Gasteiger partial charge in [0, 0.05) is 11.6 Å². The number of rotatable bonds is 4. The van der Waals surface area contributed by atoms with Crippen LogP contribution in [0.4, 0.5) is 0 Å². The van der Waals surface area contributed by atoms with E-state index in [1.54, 1.807) is 19.2 Å².